The Hall–Kier alpha value is -2.35. The lowest BCUT2D eigenvalue weighted by atomic mass is 10.1. The predicted molar refractivity (Wildman–Crippen MR) is 103 cm³/mol. The van der Waals surface area contributed by atoms with E-state index in [1.807, 2.05) is 0 Å². The van der Waals surface area contributed by atoms with E-state index in [4.69, 9.17) is 4.74 Å². The van der Waals surface area contributed by atoms with E-state index in [1.54, 1.807) is 39.0 Å². The molecule has 0 bridgehead atoms. The SMILES string of the molecule is C/C(C(=O)NCC(=O)OC(C)(C)C)=C(/O)c1ccc(Br)cc1N(C)C=O. The van der Waals surface area contributed by atoms with E-state index < -0.39 is 17.5 Å². The van der Waals surface area contributed by atoms with E-state index in [1.165, 1.54) is 18.9 Å². The molecule has 0 aliphatic carbocycles. The highest BCUT2D eigenvalue weighted by Gasteiger charge is 2.20. The number of nitrogens with zero attached hydrogens (tertiary/aromatic N) is 1. The Morgan fingerprint density at radius 1 is 1.35 bits per heavy atom. The lowest BCUT2D eigenvalue weighted by Gasteiger charge is -2.20. The van der Waals surface area contributed by atoms with Gasteiger partial charge < -0.3 is 20.1 Å². The summed E-state index contributed by atoms with van der Waals surface area (Å²) in [6, 6.07) is 4.91. The minimum atomic E-state index is -0.652. The van der Waals surface area contributed by atoms with Gasteiger partial charge in [-0.05, 0) is 45.9 Å². The minimum absolute atomic E-state index is 0.0106. The fraction of sp³-hybridized carbons (Fsp3) is 0.389. The summed E-state index contributed by atoms with van der Waals surface area (Å²) in [6.07, 6.45) is 0.594. The predicted octanol–water partition coefficient (Wildman–Crippen LogP) is 2.79. The van der Waals surface area contributed by atoms with Crippen LogP contribution in [0, 0.1) is 0 Å². The summed E-state index contributed by atoms with van der Waals surface area (Å²) in [5, 5.41) is 12.9. The summed E-state index contributed by atoms with van der Waals surface area (Å²) in [7, 11) is 1.53. The van der Waals surface area contributed by atoms with Crippen molar-refractivity contribution in [2.24, 2.45) is 0 Å². The molecule has 1 aromatic rings. The molecular formula is C18H23BrN2O5. The molecule has 26 heavy (non-hydrogen) atoms. The van der Waals surface area contributed by atoms with Gasteiger partial charge in [-0.3, -0.25) is 14.4 Å². The second-order valence-corrected chi connectivity index (χ2v) is 7.54. The number of carbonyl (C=O) groups excluding carboxylic acids is 3. The third kappa shape index (κ3) is 6.18. The number of anilines is 1. The number of aliphatic hydroxyl groups excluding tert-OH is 1. The maximum absolute atomic E-state index is 12.2. The molecule has 1 rings (SSSR count). The fourth-order valence-corrected chi connectivity index (χ4v) is 2.37. The molecule has 142 valence electrons. The second-order valence-electron chi connectivity index (χ2n) is 6.62. The molecule has 2 amide bonds. The van der Waals surface area contributed by atoms with Crippen LogP contribution in [-0.4, -0.2) is 42.6 Å². The zero-order valence-corrected chi connectivity index (χ0v) is 17.0. The van der Waals surface area contributed by atoms with Crippen LogP contribution < -0.4 is 10.2 Å². The summed E-state index contributed by atoms with van der Waals surface area (Å²) in [4.78, 5) is 36.2. The summed E-state index contributed by atoms with van der Waals surface area (Å²) < 4.78 is 5.82. The van der Waals surface area contributed by atoms with Crippen LogP contribution in [0.4, 0.5) is 5.69 Å². The van der Waals surface area contributed by atoms with Gasteiger partial charge in [0, 0.05) is 17.1 Å². The number of halogens is 1. The van der Waals surface area contributed by atoms with Crippen molar-refractivity contribution in [3.05, 3.63) is 33.8 Å². The van der Waals surface area contributed by atoms with Crippen molar-refractivity contribution < 1.29 is 24.2 Å². The van der Waals surface area contributed by atoms with E-state index in [2.05, 4.69) is 21.2 Å². The van der Waals surface area contributed by atoms with Crippen molar-refractivity contribution in [1.82, 2.24) is 5.32 Å². The third-order valence-electron chi connectivity index (χ3n) is 3.26. The molecule has 2 N–H and O–H groups in total. The van der Waals surface area contributed by atoms with Crippen LogP contribution in [0.15, 0.2) is 28.2 Å². The smallest absolute Gasteiger partial charge is 0.325 e. The molecule has 0 aliphatic rings. The fourth-order valence-electron chi connectivity index (χ4n) is 2.03. The largest absolute Gasteiger partial charge is 0.507 e. The molecule has 0 unspecified atom stereocenters. The van der Waals surface area contributed by atoms with Gasteiger partial charge >= 0.3 is 5.97 Å². The molecule has 0 saturated carbocycles. The van der Waals surface area contributed by atoms with Crippen LogP contribution in [-0.2, 0) is 19.1 Å². The number of ether oxygens (including phenoxy) is 1. The van der Waals surface area contributed by atoms with Crippen molar-refractivity contribution in [2.75, 3.05) is 18.5 Å². The molecule has 0 spiro atoms. The van der Waals surface area contributed by atoms with Gasteiger partial charge in [0.05, 0.1) is 11.3 Å². The molecule has 0 saturated heterocycles. The second kappa shape index (κ2) is 8.84. The van der Waals surface area contributed by atoms with Crippen molar-refractivity contribution in [3.8, 4) is 0 Å². The molecule has 0 atom stereocenters. The Bertz CT molecular complexity index is 738. The highest BCUT2D eigenvalue weighted by molar-refractivity contribution is 9.10. The maximum atomic E-state index is 12.2. The number of rotatable bonds is 6. The average molecular weight is 427 g/mol. The van der Waals surface area contributed by atoms with Gasteiger partial charge in [-0.1, -0.05) is 15.9 Å². The Balaban J connectivity index is 3.01. The van der Waals surface area contributed by atoms with E-state index in [0.717, 1.165) is 0 Å². The molecule has 0 aliphatic heterocycles. The first-order valence-corrected chi connectivity index (χ1v) is 8.63. The summed E-state index contributed by atoms with van der Waals surface area (Å²) in [5.41, 5.74) is 0.0935. The lowest BCUT2D eigenvalue weighted by Crippen LogP contribution is -2.35. The zero-order chi connectivity index (χ0) is 20.1. The van der Waals surface area contributed by atoms with Crippen molar-refractivity contribution in [2.45, 2.75) is 33.3 Å². The number of benzene rings is 1. The van der Waals surface area contributed by atoms with E-state index >= 15 is 0 Å². The average Bonchev–Trinajstić information content (AvgIpc) is 2.56. The number of esters is 1. The molecule has 0 radical (unpaired) electrons. The van der Waals surface area contributed by atoms with Crippen LogP contribution in [0.25, 0.3) is 5.76 Å². The number of hydrogen-bond acceptors (Lipinski definition) is 5. The summed E-state index contributed by atoms with van der Waals surface area (Å²) >= 11 is 3.30. The molecule has 0 aromatic heterocycles. The van der Waals surface area contributed by atoms with E-state index in [0.29, 0.717) is 22.1 Å². The van der Waals surface area contributed by atoms with Crippen molar-refractivity contribution in [1.29, 1.82) is 0 Å². The van der Waals surface area contributed by atoms with Crippen molar-refractivity contribution in [3.63, 3.8) is 0 Å². The zero-order valence-electron chi connectivity index (χ0n) is 15.4. The van der Waals surface area contributed by atoms with Gasteiger partial charge in [0.15, 0.2) is 0 Å². The minimum Gasteiger partial charge on any atom is -0.507 e. The van der Waals surface area contributed by atoms with Gasteiger partial charge in [-0.15, -0.1) is 0 Å². The van der Waals surface area contributed by atoms with Gasteiger partial charge in [-0.2, -0.15) is 0 Å². The molecular weight excluding hydrogens is 404 g/mol. The maximum Gasteiger partial charge on any atom is 0.325 e. The number of nitrogens with one attached hydrogen (secondary N) is 1. The van der Waals surface area contributed by atoms with Gasteiger partial charge in [-0.25, -0.2) is 0 Å². The molecule has 8 heteroatoms. The number of hydrogen-bond donors (Lipinski definition) is 2. The van der Waals surface area contributed by atoms with E-state index in [-0.39, 0.29) is 17.9 Å². The molecule has 0 fully saturated rings. The quantitative estimate of drug-likeness (QED) is 0.315. The third-order valence-corrected chi connectivity index (χ3v) is 3.76. The first-order chi connectivity index (χ1) is 12.0. The van der Waals surface area contributed by atoms with Crippen LogP contribution in [0.3, 0.4) is 0 Å². The van der Waals surface area contributed by atoms with Crippen LogP contribution in [0.5, 0.6) is 0 Å². The van der Waals surface area contributed by atoms with Crippen LogP contribution in [0.2, 0.25) is 0 Å². The normalized spacial score (nSPS) is 12.1. The topological polar surface area (TPSA) is 95.9 Å². The number of carbonyl (C=O) groups is 3. The first kappa shape index (κ1) is 21.7. The number of amides is 2. The monoisotopic (exact) mass is 426 g/mol. The Morgan fingerprint density at radius 2 is 1.96 bits per heavy atom. The molecule has 7 nitrogen and oxygen atoms in total. The molecule has 1 aromatic carbocycles. The summed E-state index contributed by atoms with van der Waals surface area (Å²) in [5.74, 6) is -1.48. The van der Waals surface area contributed by atoms with Gasteiger partial charge in [0.25, 0.3) is 5.91 Å². The Labute approximate surface area is 161 Å². The highest BCUT2D eigenvalue weighted by atomic mass is 79.9. The molecule has 0 heterocycles. The highest BCUT2D eigenvalue weighted by Crippen LogP contribution is 2.29. The van der Waals surface area contributed by atoms with Crippen LogP contribution >= 0.6 is 15.9 Å². The van der Waals surface area contributed by atoms with E-state index in [9.17, 15) is 19.5 Å². The standard InChI is InChI=1S/C18H23BrN2O5/c1-11(17(25)20-9-15(23)26-18(2,3)4)16(24)13-7-6-12(19)8-14(13)21(5)10-22/h6-8,10,24H,9H2,1-5H3,(H,20,25)/b16-11-. The van der Waals surface area contributed by atoms with Gasteiger partial charge in [0.2, 0.25) is 6.41 Å². The Kier molecular flexibility index (Phi) is 7.38. The first-order valence-electron chi connectivity index (χ1n) is 7.84. The number of aliphatic hydroxyl groups is 1. The lowest BCUT2D eigenvalue weighted by molar-refractivity contribution is -0.154. The van der Waals surface area contributed by atoms with Gasteiger partial charge in [0.1, 0.15) is 17.9 Å². The Morgan fingerprint density at radius 3 is 2.50 bits per heavy atom. The van der Waals surface area contributed by atoms with Crippen molar-refractivity contribution >= 4 is 45.7 Å². The van der Waals surface area contributed by atoms with Crippen LogP contribution in [0.1, 0.15) is 33.3 Å². The summed E-state index contributed by atoms with van der Waals surface area (Å²) in [6.45, 7) is 6.28.